The molecule has 1 aromatic rings. The molecule has 4 heteroatoms. The Kier molecular flexibility index (Phi) is 3.77. The van der Waals surface area contributed by atoms with Crippen molar-refractivity contribution in [2.75, 3.05) is 11.9 Å². The van der Waals surface area contributed by atoms with Crippen LogP contribution in [0.1, 0.15) is 13.8 Å². The molecule has 0 saturated heterocycles. The summed E-state index contributed by atoms with van der Waals surface area (Å²) in [6.07, 6.45) is 0. The fourth-order valence-electron chi connectivity index (χ4n) is 1.81. The Bertz CT molecular complexity index is 376. The van der Waals surface area contributed by atoms with Crippen molar-refractivity contribution in [3.8, 4) is 5.75 Å². The molecule has 4 nitrogen and oxygen atoms in total. The molecule has 1 atom stereocenters. The van der Waals surface area contributed by atoms with E-state index in [4.69, 9.17) is 5.11 Å². The first-order valence-electron chi connectivity index (χ1n) is 5.18. The summed E-state index contributed by atoms with van der Waals surface area (Å²) in [7, 11) is 1.67. The van der Waals surface area contributed by atoms with Gasteiger partial charge in [-0.3, -0.25) is 0 Å². The lowest BCUT2D eigenvalue weighted by molar-refractivity contribution is -0.139. The van der Waals surface area contributed by atoms with Gasteiger partial charge in [-0.1, -0.05) is 26.0 Å². The first-order valence-corrected chi connectivity index (χ1v) is 5.18. The van der Waals surface area contributed by atoms with E-state index in [9.17, 15) is 9.90 Å². The predicted octanol–water partition coefficient (Wildman–Crippen LogP) is 1.94. The number of para-hydroxylation sites is 2. The molecule has 0 aliphatic carbocycles. The molecule has 88 valence electrons. The van der Waals surface area contributed by atoms with Crippen LogP contribution in [0.4, 0.5) is 5.69 Å². The van der Waals surface area contributed by atoms with Gasteiger partial charge >= 0.3 is 5.97 Å². The van der Waals surface area contributed by atoms with Crippen molar-refractivity contribution >= 4 is 11.7 Å². The monoisotopic (exact) mass is 223 g/mol. The SMILES string of the molecule is CC(C)C(C(=O)O)N(C)c1ccccc1O. The molecule has 0 heterocycles. The van der Waals surface area contributed by atoms with Gasteiger partial charge in [0.1, 0.15) is 11.8 Å². The molecule has 2 N–H and O–H groups in total. The molecular formula is C12H17NO3. The highest BCUT2D eigenvalue weighted by Gasteiger charge is 2.27. The number of aliphatic carboxylic acids is 1. The second-order valence-electron chi connectivity index (χ2n) is 4.13. The fourth-order valence-corrected chi connectivity index (χ4v) is 1.81. The highest BCUT2D eigenvalue weighted by molar-refractivity contribution is 5.79. The first-order chi connectivity index (χ1) is 7.45. The minimum atomic E-state index is -0.888. The number of aromatic hydroxyl groups is 1. The number of benzene rings is 1. The number of nitrogens with zero attached hydrogens (tertiary/aromatic N) is 1. The van der Waals surface area contributed by atoms with Gasteiger partial charge in [-0.05, 0) is 18.1 Å². The Balaban J connectivity index is 3.04. The molecule has 0 radical (unpaired) electrons. The summed E-state index contributed by atoms with van der Waals surface area (Å²) in [4.78, 5) is 12.7. The highest BCUT2D eigenvalue weighted by atomic mass is 16.4. The topological polar surface area (TPSA) is 60.8 Å². The Labute approximate surface area is 95.1 Å². The number of rotatable bonds is 4. The number of carboxylic acids is 1. The van der Waals surface area contributed by atoms with Gasteiger partial charge in [0, 0.05) is 7.05 Å². The molecule has 0 saturated carbocycles. The number of likely N-dealkylation sites (N-methyl/N-ethyl adjacent to an activating group) is 1. The second kappa shape index (κ2) is 4.88. The van der Waals surface area contributed by atoms with E-state index in [1.54, 1.807) is 36.2 Å². The smallest absolute Gasteiger partial charge is 0.326 e. The second-order valence-corrected chi connectivity index (χ2v) is 4.13. The molecule has 16 heavy (non-hydrogen) atoms. The number of carbonyl (C=O) groups is 1. The van der Waals surface area contributed by atoms with Crippen molar-refractivity contribution in [1.82, 2.24) is 0 Å². The summed E-state index contributed by atoms with van der Waals surface area (Å²) in [5.74, 6) is -0.834. The van der Waals surface area contributed by atoms with Gasteiger partial charge in [-0.15, -0.1) is 0 Å². The zero-order chi connectivity index (χ0) is 12.3. The quantitative estimate of drug-likeness (QED) is 0.818. The largest absolute Gasteiger partial charge is 0.506 e. The zero-order valence-electron chi connectivity index (χ0n) is 9.71. The zero-order valence-corrected chi connectivity index (χ0v) is 9.71. The number of hydrogen-bond donors (Lipinski definition) is 2. The molecule has 0 aliphatic heterocycles. The third-order valence-corrected chi connectivity index (χ3v) is 2.56. The van der Waals surface area contributed by atoms with Gasteiger partial charge in [0.15, 0.2) is 0 Å². The molecule has 0 aromatic heterocycles. The molecular weight excluding hydrogens is 206 g/mol. The summed E-state index contributed by atoms with van der Waals surface area (Å²) in [5.41, 5.74) is 0.531. The van der Waals surface area contributed by atoms with Crippen LogP contribution in [-0.4, -0.2) is 29.3 Å². The lowest BCUT2D eigenvalue weighted by atomic mass is 10.0. The average molecular weight is 223 g/mol. The predicted molar refractivity (Wildman–Crippen MR) is 62.8 cm³/mol. The van der Waals surface area contributed by atoms with Gasteiger partial charge < -0.3 is 15.1 Å². The van der Waals surface area contributed by atoms with E-state index in [0.29, 0.717) is 5.69 Å². The van der Waals surface area contributed by atoms with Gasteiger partial charge in [0.2, 0.25) is 0 Å². The van der Waals surface area contributed by atoms with Crippen LogP contribution in [0.5, 0.6) is 5.75 Å². The lowest BCUT2D eigenvalue weighted by Gasteiger charge is -2.29. The van der Waals surface area contributed by atoms with Crippen molar-refractivity contribution in [3.05, 3.63) is 24.3 Å². The van der Waals surface area contributed by atoms with Gasteiger partial charge in [0.25, 0.3) is 0 Å². The van der Waals surface area contributed by atoms with Crippen molar-refractivity contribution < 1.29 is 15.0 Å². The van der Waals surface area contributed by atoms with Crippen molar-refractivity contribution in [3.63, 3.8) is 0 Å². The Morgan fingerprint density at radius 1 is 1.31 bits per heavy atom. The number of anilines is 1. The molecule has 0 amide bonds. The lowest BCUT2D eigenvalue weighted by Crippen LogP contribution is -2.42. The maximum absolute atomic E-state index is 11.1. The number of hydrogen-bond acceptors (Lipinski definition) is 3. The maximum Gasteiger partial charge on any atom is 0.326 e. The number of carboxylic acid groups (broad SMARTS) is 1. The van der Waals surface area contributed by atoms with Crippen LogP contribution in [0.15, 0.2) is 24.3 Å². The highest BCUT2D eigenvalue weighted by Crippen LogP contribution is 2.28. The average Bonchev–Trinajstić information content (AvgIpc) is 2.16. The summed E-state index contributed by atoms with van der Waals surface area (Å²) in [5, 5.41) is 18.8. The van der Waals surface area contributed by atoms with E-state index in [-0.39, 0.29) is 11.7 Å². The van der Waals surface area contributed by atoms with Gasteiger partial charge in [-0.2, -0.15) is 0 Å². The standard InChI is InChI=1S/C12H17NO3/c1-8(2)11(12(15)16)13(3)9-6-4-5-7-10(9)14/h4-8,11,14H,1-3H3,(H,15,16). The summed E-state index contributed by atoms with van der Waals surface area (Å²) in [6, 6.07) is 6.08. The molecule has 1 rings (SSSR count). The van der Waals surface area contributed by atoms with Gasteiger partial charge in [0.05, 0.1) is 5.69 Å². The van der Waals surface area contributed by atoms with Crippen molar-refractivity contribution in [1.29, 1.82) is 0 Å². The van der Waals surface area contributed by atoms with E-state index in [1.807, 2.05) is 13.8 Å². The van der Waals surface area contributed by atoms with Crippen LogP contribution in [0.3, 0.4) is 0 Å². The van der Waals surface area contributed by atoms with Crippen molar-refractivity contribution in [2.45, 2.75) is 19.9 Å². The van der Waals surface area contributed by atoms with E-state index in [1.165, 1.54) is 0 Å². The molecule has 0 bridgehead atoms. The van der Waals surface area contributed by atoms with E-state index >= 15 is 0 Å². The third kappa shape index (κ3) is 2.45. The maximum atomic E-state index is 11.1. The van der Waals surface area contributed by atoms with Crippen LogP contribution in [0.25, 0.3) is 0 Å². The first kappa shape index (κ1) is 12.4. The molecule has 1 unspecified atom stereocenters. The van der Waals surface area contributed by atoms with Crippen LogP contribution in [0, 0.1) is 5.92 Å². The van der Waals surface area contributed by atoms with Crippen LogP contribution in [0.2, 0.25) is 0 Å². The van der Waals surface area contributed by atoms with E-state index in [0.717, 1.165) is 0 Å². The van der Waals surface area contributed by atoms with Crippen molar-refractivity contribution in [2.24, 2.45) is 5.92 Å². The fraction of sp³-hybridized carbons (Fsp3) is 0.417. The number of phenols is 1. The van der Waals surface area contributed by atoms with Gasteiger partial charge in [-0.25, -0.2) is 4.79 Å². The summed E-state index contributed by atoms with van der Waals surface area (Å²) < 4.78 is 0. The summed E-state index contributed by atoms with van der Waals surface area (Å²) >= 11 is 0. The van der Waals surface area contributed by atoms with Crippen LogP contribution >= 0.6 is 0 Å². The molecule has 1 aromatic carbocycles. The third-order valence-electron chi connectivity index (χ3n) is 2.56. The summed E-state index contributed by atoms with van der Waals surface area (Å²) in [6.45, 7) is 3.69. The molecule has 0 fully saturated rings. The minimum absolute atomic E-state index is 0.0397. The normalized spacial score (nSPS) is 12.5. The van der Waals surface area contributed by atoms with Crippen LogP contribution in [-0.2, 0) is 4.79 Å². The minimum Gasteiger partial charge on any atom is -0.506 e. The Morgan fingerprint density at radius 2 is 1.88 bits per heavy atom. The Morgan fingerprint density at radius 3 is 2.31 bits per heavy atom. The number of phenolic OH excluding ortho intramolecular Hbond substituents is 1. The van der Waals surface area contributed by atoms with E-state index < -0.39 is 12.0 Å². The van der Waals surface area contributed by atoms with E-state index in [2.05, 4.69) is 0 Å². The Hall–Kier alpha value is -1.71. The molecule has 0 spiro atoms. The van der Waals surface area contributed by atoms with Crippen LogP contribution < -0.4 is 4.90 Å². The molecule has 0 aliphatic rings.